The highest BCUT2D eigenvalue weighted by Gasteiger charge is 2.09. The minimum atomic E-state index is 0.244. The Hall–Kier alpha value is -1.15. The fraction of sp³-hybridized carbons (Fsp3) is 0.500. The van der Waals surface area contributed by atoms with E-state index in [2.05, 4.69) is 13.0 Å². The van der Waals surface area contributed by atoms with Gasteiger partial charge in [-0.05, 0) is 62.9 Å². The molecule has 1 rings (SSSR count). The maximum absolute atomic E-state index is 12.0. The molecule has 0 aliphatic carbocycles. The van der Waals surface area contributed by atoms with Gasteiger partial charge in [0, 0.05) is 12.0 Å². The van der Waals surface area contributed by atoms with Crippen LogP contribution in [-0.4, -0.2) is 12.3 Å². The molecule has 0 radical (unpaired) electrons. The molecule has 0 heterocycles. The van der Waals surface area contributed by atoms with Crippen LogP contribution in [0.2, 0.25) is 0 Å². The van der Waals surface area contributed by atoms with E-state index in [0.717, 1.165) is 24.0 Å². The fourth-order valence-corrected chi connectivity index (χ4v) is 1.83. The molecule has 0 aromatic heterocycles. The number of carbonyl (C=O) groups is 1. The van der Waals surface area contributed by atoms with Crippen LogP contribution in [0.1, 0.15) is 46.3 Å². The molecule has 0 saturated heterocycles. The van der Waals surface area contributed by atoms with Crippen molar-refractivity contribution in [1.82, 2.24) is 0 Å². The molecule has 2 heteroatoms. The van der Waals surface area contributed by atoms with Gasteiger partial charge in [0.1, 0.15) is 0 Å². The molecule has 0 aliphatic heterocycles. The summed E-state index contributed by atoms with van der Waals surface area (Å²) in [5.74, 6) is 0.244. The molecule has 88 valence electrons. The molecule has 0 spiro atoms. The van der Waals surface area contributed by atoms with E-state index in [1.165, 1.54) is 11.1 Å². The summed E-state index contributed by atoms with van der Waals surface area (Å²) in [7, 11) is 0. The summed E-state index contributed by atoms with van der Waals surface area (Å²) < 4.78 is 0. The number of benzene rings is 1. The maximum Gasteiger partial charge on any atom is 0.163 e. The number of nitrogens with two attached hydrogens (primary N) is 1. The third-order valence-corrected chi connectivity index (χ3v) is 3.00. The summed E-state index contributed by atoms with van der Waals surface area (Å²) in [5, 5.41) is 0. The first-order valence-corrected chi connectivity index (χ1v) is 5.87. The molecule has 0 bridgehead atoms. The molecular weight excluding hydrogens is 198 g/mol. The van der Waals surface area contributed by atoms with E-state index in [4.69, 9.17) is 5.73 Å². The van der Waals surface area contributed by atoms with Crippen molar-refractivity contribution in [2.75, 3.05) is 6.54 Å². The van der Waals surface area contributed by atoms with Crippen LogP contribution in [0.25, 0.3) is 0 Å². The van der Waals surface area contributed by atoms with E-state index in [1.807, 2.05) is 19.9 Å². The van der Waals surface area contributed by atoms with Crippen molar-refractivity contribution in [3.05, 3.63) is 34.4 Å². The average molecular weight is 219 g/mol. The zero-order valence-electron chi connectivity index (χ0n) is 10.5. The van der Waals surface area contributed by atoms with Gasteiger partial charge in [-0.2, -0.15) is 0 Å². The van der Waals surface area contributed by atoms with Crippen LogP contribution in [0.5, 0.6) is 0 Å². The Labute approximate surface area is 97.9 Å². The van der Waals surface area contributed by atoms with Crippen molar-refractivity contribution in [3.63, 3.8) is 0 Å². The highest BCUT2D eigenvalue weighted by Crippen LogP contribution is 2.17. The summed E-state index contributed by atoms with van der Waals surface area (Å²) in [4.78, 5) is 12.0. The number of unbranched alkanes of at least 4 members (excludes halogenated alkanes) is 1. The molecule has 0 fully saturated rings. The van der Waals surface area contributed by atoms with E-state index in [9.17, 15) is 4.79 Å². The number of rotatable bonds is 5. The Kier molecular flexibility index (Phi) is 4.69. The molecule has 2 N–H and O–H groups in total. The van der Waals surface area contributed by atoms with Crippen LogP contribution in [0.4, 0.5) is 0 Å². The molecule has 1 aromatic rings. The first-order chi connectivity index (χ1) is 7.56. The minimum absolute atomic E-state index is 0.244. The lowest BCUT2D eigenvalue weighted by atomic mass is 9.96. The molecule has 0 unspecified atom stereocenters. The summed E-state index contributed by atoms with van der Waals surface area (Å²) in [6, 6.07) is 4.10. The van der Waals surface area contributed by atoms with E-state index < -0.39 is 0 Å². The second-order valence-electron chi connectivity index (χ2n) is 4.42. The van der Waals surface area contributed by atoms with E-state index >= 15 is 0 Å². The van der Waals surface area contributed by atoms with Crippen LogP contribution in [0, 0.1) is 20.8 Å². The lowest BCUT2D eigenvalue weighted by Crippen LogP contribution is -2.05. The predicted molar refractivity (Wildman–Crippen MR) is 67.9 cm³/mol. The van der Waals surface area contributed by atoms with Gasteiger partial charge in [0.25, 0.3) is 0 Å². The standard InChI is InChI=1S/C14H21NO/c1-10-8-12(3)13(9-11(10)2)14(16)6-4-5-7-15/h8-9H,4-7,15H2,1-3H3. The van der Waals surface area contributed by atoms with Crippen LogP contribution in [0.15, 0.2) is 12.1 Å². The third kappa shape index (κ3) is 3.17. The van der Waals surface area contributed by atoms with Gasteiger partial charge in [0.15, 0.2) is 5.78 Å². The van der Waals surface area contributed by atoms with Crippen LogP contribution in [0.3, 0.4) is 0 Å². The molecule has 16 heavy (non-hydrogen) atoms. The summed E-state index contributed by atoms with van der Waals surface area (Å²) in [6.45, 7) is 6.79. The van der Waals surface area contributed by atoms with Crippen molar-refractivity contribution in [2.45, 2.75) is 40.0 Å². The molecule has 0 aliphatic rings. The highest BCUT2D eigenvalue weighted by atomic mass is 16.1. The smallest absolute Gasteiger partial charge is 0.163 e. The Bertz CT molecular complexity index is 383. The lowest BCUT2D eigenvalue weighted by molar-refractivity contribution is 0.0979. The SMILES string of the molecule is Cc1cc(C)c(C(=O)CCCCN)cc1C. The molecule has 0 saturated carbocycles. The van der Waals surface area contributed by atoms with Crippen molar-refractivity contribution >= 4 is 5.78 Å². The Balaban J connectivity index is 2.79. The number of Topliss-reactive ketones (excluding diaryl/α,β-unsaturated/α-hetero) is 1. The Morgan fingerprint density at radius 2 is 1.69 bits per heavy atom. The fourth-order valence-electron chi connectivity index (χ4n) is 1.83. The van der Waals surface area contributed by atoms with Gasteiger partial charge in [-0.1, -0.05) is 6.07 Å². The quantitative estimate of drug-likeness (QED) is 0.611. The van der Waals surface area contributed by atoms with Crippen LogP contribution in [-0.2, 0) is 0 Å². The highest BCUT2D eigenvalue weighted by molar-refractivity contribution is 5.97. The summed E-state index contributed by atoms with van der Waals surface area (Å²) >= 11 is 0. The maximum atomic E-state index is 12.0. The topological polar surface area (TPSA) is 43.1 Å². The van der Waals surface area contributed by atoms with Gasteiger partial charge in [0.2, 0.25) is 0 Å². The van der Waals surface area contributed by atoms with E-state index in [0.29, 0.717) is 13.0 Å². The van der Waals surface area contributed by atoms with Gasteiger partial charge < -0.3 is 5.73 Å². The van der Waals surface area contributed by atoms with E-state index in [1.54, 1.807) is 0 Å². The van der Waals surface area contributed by atoms with Crippen molar-refractivity contribution < 1.29 is 4.79 Å². The van der Waals surface area contributed by atoms with Gasteiger partial charge in [0.05, 0.1) is 0 Å². The first kappa shape index (κ1) is 12.9. The number of aryl methyl sites for hydroxylation is 3. The predicted octanol–water partition coefficient (Wildman–Crippen LogP) is 2.92. The van der Waals surface area contributed by atoms with Crippen LogP contribution < -0.4 is 5.73 Å². The zero-order chi connectivity index (χ0) is 12.1. The number of carbonyl (C=O) groups excluding carboxylic acids is 1. The molecule has 0 amide bonds. The van der Waals surface area contributed by atoms with Crippen LogP contribution >= 0.6 is 0 Å². The summed E-state index contributed by atoms with van der Waals surface area (Å²) in [6.07, 6.45) is 2.43. The lowest BCUT2D eigenvalue weighted by Gasteiger charge is -2.08. The van der Waals surface area contributed by atoms with E-state index in [-0.39, 0.29) is 5.78 Å². The van der Waals surface area contributed by atoms with Gasteiger partial charge in [-0.25, -0.2) is 0 Å². The molecule has 2 nitrogen and oxygen atoms in total. The average Bonchev–Trinajstić information content (AvgIpc) is 2.23. The van der Waals surface area contributed by atoms with Gasteiger partial charge >= 0.3 is 0 Å². The second kappa shape index (κ2) is 5.80. The summed E-state index contributed by atoms with van der Waals surface area (Å²) in [5.41, 5.74) is 9.81. The second-order valence-corrected chi connectivity index (χ2v) is 4.42. The Morgan fingerprint density at radius 3 is 2.31 bits per heavy atom. The molecule has 1 aromatic carbocycles. The molecule has 0 atom stereocenters. The first-order valence-electron chi connectivity index (χ1n) is 5.87. The number of hydrogen-bond donors (Lipinski definition) is 1. The molecular formula is C14H21NO. The Morgan fingerprint density at radius 1 is 1.06 bits per heavy atom. The normalized spacial score (nSPS) is 10.5. The number of ketones is 1. The van der Waals surface area contributed by atoms with Crippen molar-refractivity contribution in [2.24, 2.45) is 5.73 Å². The largest absolute Gasteiger partial charge is 0.330 e. The van der Waals surface area contributed by atoms with Crippen molar-refractivity contribution in [3.8, 4) is 0 Å². The zero-order valence-corrected chi connectivity index (χ0v) is 10.5. The van der Waals surface area contributed by atoms with Crippen molar-refractivity contribution in [1.29, 1.82) is 0 Å². The monoisotopic (exact) mass is 219 g/mol. The minimum Gasteiger partial charge on any atom is -0.330 e. The number of hydrogen-bond acceptors (Lipinski definition) is 2. The van der Waals surface area contributed by atoms with Gasteiger partial charge in [-0.15, -0.1) is 0 Å². The third-order valence-electron chi connectivity index (χ3n) is 3.00. The van der Waals surface area contributed by atoms with Gasteiger partial charge in [-0.3, -0.25) is 4.79 Å².